The summed E-state index contributed by atoms with van der Waals surface area (Å²) in [4.78, 5) is 37.7. The first-order valence-corrected chi connectivity index (χ1v) is 10.4. The Bertz CT molecular complexity index is 768. The second-order valence-electron chi connectivity index (χ2n) is 7.47. The van der Waals surface area contributed by atoms with Gasteiger partial charge in [0.15, 0.2) is 0 Å². The lowest BCUT2D eigenvalue weighted by Crippen LogP contribution is -2.35. The quantitative estimate of drug-likeness (QED) is 0.508. The molecular formula is C21H28N2O5S. The molecule has 0 radical (unpaired) electrons. The number of hydrogen-bond acceptors (Lipinski definition) is 6. The van der Waals surface area contributed by atoms with Crippen LogP contribution in [0.5, 0.6) is 0 Å². The van der Waals surface area contributed by atoms with Gasteiger partial charge in [0, 0.05) is 6.54 Å². The molecule has 1 aliphatic heterocycles. The summed E-state index contributed by atoms with van der Waals surface area (Å²) in [5, 5.41) is 2.28. The Hall–Kier alpha value is -2.32. The highest BCUT2D eigenvalue weighted by Gasteiger charge is 2.34. The van der Waals surface area contributed by atoms with Gasteiger partial charge in [-0.15, -0.1) is 0 Å². The molecule has 1 aliphatic rings. The average Bonchev–Trinajstić information content (AvgIpc) is 2.90. The molecule has 7 nitrogen and oxygen atoms in total. The third kappa shape index (κ3) is 7.55. The smallest absolute Gasteiger partial charge is 0.407 e. The Kier molecular flexibility index (Phi) is 8.28. The number of thioether (sulfide) groups is 1. The molecule has 158 valence electrons. The van der Waals surface area contributed by atoms with Crippen molar-refractivity contribution >= 4 is 35.1 Å². The number of carbonyl (C=O) groups excluding carboxylic acids is 3. The molecule has 0 aliphatic carbocycles. The molecule has 8 heteroatoms. The molecule has 0 bridgehead atoms. The zero-order valence-electron chi connectivity index (χ0n) is 17.3. The number of rotatable bonds is 8. The predicted molar refractivity (Wildman–Crippen MR) is 114 cm³/mol. The van der Waals surface area contributed by atoms with Gasteiger partial charge in [-0.1, -0.05) is 31.2 Å². The molecule has 3 amide bonds. The summed E-state index contributed by atoms with van der Waals surface area (Å²) in [6, 6.07) is 7.89. The van der Waals surface area contributed by atoms with Crippen molar-refractivity contribution in [2.75, 3.05) is 26.3 Å². The molecule has 0 saturated carbocycles. The normalized spacial score (nSPS) is 15.9. The van der Waals surface area contributed by atoms with Crippen LogP contribution in [0, 0.1) is 0 Å². The van der Waals surface area contributed by atoms with Gasteiger partial charge in [0.1, 0.15) is 5.60 Å². The van der Waals surface area contributed by atoms with Crippen LogP contribution in [0.15, 0.2) is 29.2 Å². The van der Waals surface area contributed by atoms with E-state index < -0.39 is 11.7 Å². The van der Waals surface area contributed by atoms with Crippen LogP contribution in [0.25, 0.3) is 6.08 Å². The van der Waals surface area contributed by atoms with E-state index >= 15 is 0 Å². The van der Waals surface area contributed by atoms with Gasteiger partial charge in [-0.05, 0) is 56.2 Å². The van der Waals surface area contributed by atoms with E-state index in [-0.39, 0.29) is 37.4 Å². The maximum atomic E-state index is 12.5. The number of nitrogens with one attached hydrogen (secondary N) is 1. The minimum Gasteiger partial charge on any atom is -0.444 e. The summed E-state index contributed by atoms with van der Waals surface area (Å²) >= 11 is 0.933. The number of aryl methyl sites for hydroxylation is 1. The monoisotopic (exact) mass is 420 g/mol. The van der Waals surface area contributed by atoms with Crippen molar-refractivity contribution in [2.45, 2.75) is 39.7 Å². The third-order valence-electron chi connectivity index (χ3n) is 3.93. The van der Waals surface area contributed by atoms with Gasteiger partial charge < -0.3 is 14.8 Å². The Morgan fingerprint density at radius 3 is 2.48 bits per heavy atom. The number of hydrogen-bond donors (Lipinski definition) is 1. The van der Waals surface area contributed by atoms with Crippen molar-refractivity contribution in [1.82, 2.24) is 10.2 Å². The summed E-state index contributed by atoms with van der Waals surface area (Å²) in [5.74, 6) is -0.310. The van der Waals surface area contributed by atoms with E-state index in [1.807, 2.05) is 24.3 Å². The molecule has 29 heavy (non-hydrogen) atoms. The molecule has 0 spiro atoms. The van der Waals surface area contributed by atoms with Crippen LogP contribution >= 0.6 is 11.8 Å². The number of carbonyl (C=O) groups is 3. The van der Waals surface area contributed by atoms with E-state index in [1.54, 1.807) is 26.8 Å². The first kappa shape index (κ1) is 23.0. The number of amides is 3. The SMILES string of the molecule is CCc1ccc(/C=C2\SC(=O)N(CCOCCNC(=O)OC(C)(C)C)C2=O)cc1. The molecule has 2 rings (SSSR count). The Balaban J connectivity index is 1.74. The summed E-state index contributed by atoms with van der Waals surface area (Å²) in [7, 11) is 0. The lowest BCUT2D eigenvalue weighted by Gasteiger charge is -2.19. The van der Waals surface area contributed by atoms with E-state index in [9.17, 15) is 14.4 Å². The largest absolute Gasteiger partial charge is 0.444 e. The lowest BCUT2D eigenvalue weighted by molar-refractivity contribution is -0.123. The van der Waals surface area contributed by atoms with Gasteiger partial charge in [0.25, 0.3) is 11.1 Å². The summed E-state index contributed by atoms with van der Waals surface area (Å²) in [5.41, 5.74) is 1.55. The van der Waals surface area contributed by atoms with Gasteiger partial charge in [-0.2, -0.15) is 0 Å². The first-order valence-electron chi connectivity index (χ1n) is 9.58. The summed E-state index contributed by atoms with van der Waals surface area (Å²) in [6.07, 6.45) is 2.17. The minimum atomic E-state index is -0.553. The van der Waals surface area contributed by atoms with Crippen LogP contribution < -0.4 is 5.32 Å². The van der Waals surface area contributed by atoms with Crippen molar-refractivity contribution in [1.29, 1.82) is 0 Å². The fraction of sp³-hybridized carbons (Fsp3) is 0.476. The van der Waals surface area contributed by atoms with E-state index in [0.717, 1.165) is 23.7 Å². The second-order valence-corrected chi connectivity index (χ2v) is 8.46. The fourth-order valence-corrected chi connectivity index (χ4v) is 3.36. The van der Waals surface area contributed by atoms with Crippen molar-refractivity contribution in [3.8, 4) is 0 Å². The minimum absolute atomic E-state index is 0.170. The van der Waals surface area contributed by atoms with Crippen molar-refractivity contribution < 1.29 is 23.9 Å². The molecule has 1 aromatic carbocycles. The zero-order chi connectivity index (χ0) is 21.4. The second kappa shape index (κ2) is 10.5. The Morgan fingerprint density at radius 1 is 1.17 bits per heavy atom. The van der Waals surface area contributed by atoms with E-state index in [1.165, 1.54) is 10.5 Å². The van der Waals surface area contributed by atoms with Crippen molar-refractivity contribution in [2.24, 2.45) is 0 Å². The number of ether oxygens (including phenoxy) is 2. The maximum absolute atomic E-state index is 12.5. The molecule has 1 fully saturated rings. The molecule has 1 saturated heterocycles. The summed E-state index contributed by atoms with van der Waals surface area (Å²) < 4.78 is 10.5. The highest BCUT2D eigenvalue weighted by molar-refractivity contribution is 8.18. The lowest BCUT2D eigenvalue weighted by atomic mass is 10.1. The summed E-state index contributed by atoms with van der Waals surface area (Å²) in [6.45, 7) is 8.35. The van der Waals surface area contributed by atoms with Gasteiger partial charge in [0.2, 0.25) is 0 Å². The van der Waals surface area contributed by atoms with Gasteiger partial charge >= 0.3 is 6.09 Å². The predicted octanol–water partition coefficient (Wildman–Crippen LogP) is 3.83. The maximum Gasteiger partial charge on any atom is 0.407 e. The van der Waals surface area contributed by atoms with Crippen molar-refractivity contribution in [3.63, 3.8) is 0 Å². The average molecular weight is 421 g/mol. The molecule has 1 N–H and O–H groups in total. The Labute approximate surface area is 175 Å². The van der Waals surface area contributed by atoms with Crippen LogP contribution in [-0.2, 0) is 20.7 Å². The van der Waals surface area contributed by atoms with Crippen molar-refractivity contribution in [3.05, 3.63) is 40.3 Å². The van der Waals surface area contributed by atoms with E-state index in [2.05, 4.69) is 12.2 Å². The number of benzene rings is 1. The number of alkyl carbamates (subject to hydrolysis) is 1. The highest BCUT2D eigenvalue weighted by atomic mass is 32.2. The molecule has 1 aromatic rings. The molecule has 0 unspecified atom stereocenters. The van der Waals surface area contributed by atoms with Crippen LogP contribution in [0.4, 0.5) is 9.59 Å². The standard InChI is InChI=1S/C21H28N2O5S/c1-5-15-6-8-16(9-7-15)14-17-18(24)23(20(26)29-17)11-13-27-12-10-22-19(25)28-21(2,3)4/h6-9,14H,5,10-13H2,1-4H3,(H,22,25)/b17-14-. The molecule has 0 aromatic heterocycles. The van der Waals surface area contributed by atoms with Gasteiger partial charge in [-0.25, -0.2) is 4.79 Å². The first-order chi connectivity index (χ1) is 13.7. The van der Waals surface area contributed by atoms with E-state index in [0.29, 0.717) is 4.91 Å². The van der Waals surface area contributed by atoms with E-state index in [4.69, 9.17) is 9.47 Å². The zero-order valence-corrected chi connectivity index (χ0v) is 18.1. The highest BCUT2D eigenvalue weighted by Crippen LogP contribution is 2.32. The fourth-order valence-electron chi connectivity index (χ4n) is 2.49. The number of nitrogens with zero attached hydrogens (tertiary/aromatic N) is 1. The van der Waals surface area contributed by atoms with Gasteiger partial charge in [-0.3, -0.25) is 14.5 Å². The Morgan fingerprint density at radius 2 is 1.86 bits per heavy atom. The molecule has 1 heterocycles. The van der Waals surface area contributed by atoms with Crippen LogP contribution in [0.1, 0.15) is 38.8 Å². The molecule has 0 atom stereocenters. The topological polar surface area (TPSA) is 84.9 Å². The van der Waals surface area contributed by atoms with Crippen LogP contribution in [0.3, 0.4) is 0 Å². The van der Waals surface area contributed by atoms with Gasteiger partial charge in [0.05, 0.1) is 24.7 Å². The van der Waals surface area contributed by atoms with Crippen LogP contribution in [-0.4, -0.2) is 54.0 Å². The number of imide groups is 1. The third-order valence-corrected chi connectivity index (χ3v) is 4.84. The van der Waals surface area contributed by atoms with Crippen LogP contribution in [0.2, 0.25) is 0 Å². The molecular weight excluding hydrogens is 392 g/mol.